The van der Waals surface area contributed by atoms with Crippen LogP contribution in [0.5, 0.6) is 0 Å². The van der Waals surface area contributed by atoms with E-state index in [1.165, 1.54) is 35.9 Å². The van der Waals surface area contributed by atoms with Crippen molar-refractivity contribution in [2.75, 3.05) is 45.4 Å². The fraction of sp³-hybridized carbons (Fsp3) is 0.864. The van der Waals surface area contributed by atoms with E-state index < -0.39 is 14.2 Å². The summed E-state index contributed by atoms with van der Waals surface area (Å²) >= 11 is 5.64. The number of allylic oxidation sites excluding steroid dienone is 2. The normalized spacial score (nSPS) is 15.9. The highest BCUT2D eigenvalue weighted by atomic mass is 35.5. The fourth-order valence-electron chi connectivity index (χ4n) is 3.78. The number of carboxylic acid groups (broad SMARTS) is 1. The molecule has 7 heteroatoms. The summed E-state index contributed by atoms with van der Waals surface area (Å²) in [5, 5.41) is 9.41. The first-order valence-electron chi connectivity index (χ1n) is 11.4. The Bertz CT molecular complexity index is 441. The summed E-state index contributed by atoms with van der Waals surface area (Å²) < 4.78 is 11.1. The average Bonchev–Trinajstić information content (AvgIpc) is 2.92. The molecular formula is C22H42ClNO4Si. The number of unbranched alkanes of at least 4 members (excludes halogenated alkanes) is 4. The quantitative estimate of drug-likeness (QED) is 0.128. The largest absolute Gasteiger partial charge is 0.465 e. The lowest BCUT2D eigenvalue weighted by molar-refractivity contribution is 0.0376. The third-order valence-corrected chi connectivity index (χ3v) is 10.6. The van der Waals surface area contributed by atoms with E-state index >= 15 is 0 Å². The highest BCUT2D eigenvalue weighted by molar-refractivity contribution is 6.78. The molecular weight excluding hydrogens is 406 g/mol. The number of hydrogen-bond donors (Lipinski definition) is 1. The molecule has 0 atom stereocenters. The summed E-state index contributed by atoms with van der Waals surface area (Å²) in [6.45, 7) is 5.85. The lowest BCUT2D eigenvalue weighted by Gasteiger charge is -2.26. The van der Waals surface area contributed by atoms with Crippen LogP contribution in [0, 0.1) is 0 Å². The van der Waals surface area contributed by atoms with Gasteiger partial charge < -0.3 is 19.5 Å². The maximum absolute atomic E-state index is 11.5. The Morgan fingerprint density at radius 2 is 1.59 bits per heavy atom. The fourth-order valence-corrected chi connectivity index (χ4v) is 7.55. The molecule has 29 heavy (non-hydrogen) atoms. The Morgan fingerprint density at radius 3 is 2.24 bits per heavy atom. The van der Waals surface area contributed by atoms with Gasteiger partial charge in [-0.25, -0.2) is 4.79 Å². The Labute approximate surface area is 183 Å². The second-order valence-electron chi connectivity index (χ2n) is 8.41. The standard InChI is InChI=1S/C22H42ClNO4Si/c1-29(19-9-4-5-10-20-29)21-11-7-13-24(22(25)26)14-16-28-18-17-27-15-8-3-2-6-12-23/h4-5H,2-3,6-21H2,1H3,(H,25,26). The zero-order chi connectivity index (χ0) is 21.2. The lowest BCUT2D eigenvalue weighted by Crippen LogP contribution is -2.34. The van der Waals surface area contributed by atoms with Crippen molar-refractivity contribution in [1.29, 1.82) is 0 Å². The Morgan fingerprint density at radius 1 is 0.931 bits per heavy atom. The highest BCUT2D eigenvalue weighted by Crippen LogP contribution is 2.29. The van der Waals surface area contributed by atoms with Crippen molar-refractivity contribution in [2.45, 2.75) is 76.0 Å². The SMILES string of the molecule is C[Si]1(CCCCN(CCOCCOCCCCCCCl)C(=O)O)CCC=CCC1. The van der Waals surface area contributed by atoms with Crippen LogP contribution >= 0.6 is 11.6 Å². The summed E-state index contributed by atoms with van der Waals surface area (Å²) in [7, 11) is -1.12. The number of rotatable bonds is 17. The molecule has 1 aliphatic heterocycles. The van der Waals surface area contributed by atoms with Crippen LogP contribution in [-0.2, 0) is 9.47 Å². The van der Waals surface area contributed by atoms with Crippen LogP contribution < -0.4 is 0 Å². The molecule has 0 unspecified atom stereocenters. The Balaban J connectivity index is 2.02. The van der Waals surface area contributed by atoms with Crippen LogP contribution in [-0.4, -0.2) is 69.6 Å². The van der Waals surface area contributed by atoms with Gasteiger partial charge in [0.1, 0.15) is 0 Å². The van der Waals surface area contributed by atoms with Gasteiger partial charge in [0.25, 0.3) is 0 Å². The smallest absolute Gasteiger partial charge is 0.407 e. The van der Waals surface area contributed by atoms with Crippen molar-refractivity contribution in [2.24, 2.45) is 0 Å². The van der Waals surface area contributed by atoms with Gasteiger partial charge in [-0.1, -0.05) is 56.1 Å². The lowest BCUT2D eigenvalue weighted by atomic mass is 10.2. The van der Waals surface area contributed by atoms with Gasteiger partial charge in [-0.05, 0) is 32.1 Å². The predicted molar refractivity (Wildman–Crippen MR) is 124 cm³/mol. The third-order valence-electron chi connectivity index (χ3n) is 5.77. The van der Waals surface area contributed by atoms with E-state index in [2.05, 4.69) is 18.7 Å². The number of nitrogens with zero attached hydrogens (tertiary/aromatic N) is 1. The predicted octanol–water partition coefficient (Wildman–Crippen LogP) is 6.01. The van der Waals surface area contributed by atoms with Crippen LogP contribution in [0.15, 0.2) is 12.2 Å². The molecule has 0 aromatic rings. The van der Waals surface area contributed by atoms with Crippen LogP contribution in [0.2, 0.25) is 24.7 Å². The number of amides is 1. The van der Waals surface area contributed by atoms with Gasteiger partial charge in [-0.2, -0.15) is 0 Å². The van der Waals surface area contributed by atoms with Crippen LogP contribution in [0.4, 0.5) is 4.79 Å². The van der Waals surface area contributed by atoms with Crippen LogP contribution in [0.1, 0.15) is 51.4 Å². The molecule has 1 N–H and O–H groups in total. The molecule has 1 rings (SSSR count). The second kappa shape index (κ2) is 17.2. The molecule has 1 amide bonds. The van der Waals surface area contributed by atoms with Gasteiger partial charge >= 0.3 is 6.09 Å². The summed E-state index contributed by atoms with van der Waals surface area (Å²) in [6.07, 6.45) is 12.8. The van der Waals surface area contributed by atoms with Crippen molar-refractivity contribution >= 4 is 25.8 Å². The molecule has 0 bridgehead atoms. The topological polar surface area (TPSA) is 59.0 Å². The summed E-state index contributed by atoms with van der Waals surface area (Å²) in [6, 6.07) is 4.09. The van der Waals surface area contributed by atoms with E-state index in [1.807, 2.05) is 0 Å². The van der Waals surface area contributed by atoms with Crippen molar-refractivity contribution in [3.05, 3.63) is 12.2 Å². The summed E-state index contributed by atoms with van der Waals surface area (Å²) in [5.41, 5.74) is 0. The number of ether oxygens (including phenoxy) is 2. The Hall–Kier alpha value is -0.563. The Kier molecular flexibility index (Phi) is 15.7. The van der Waals surface area contributed by atoms with Crippen molar-refractivity contribution in [3.8, 4) is 0 Å². The monoisotopic (exact) mass is 447 g/mol. The van der Waals surface area contributed by atoms with Crippen molar-refractivity contribution in [3.63, 3.8) is 0 Å². The summed E-state index contributed by atoms with van der Waals surface area (Å²) in [4.78, 5) is 13.0. The molecule has 0 saturated carbocycles. The average molecular weight is 448 g/mol. The molecule has 170 valence electrons. The van der Waals surface area contributed by atoms with Crippen LogP contribution in [0.3, 0.4) is 0 Å². The van der Waals surface area contributed by atoms with E-state index in [9.17, 15) is 9.90 Å². The number of halogens is 1. The molecule has 1 aliphatic rings. The first-order valence-corrected chi connectivity index (χ1v) is 15.1. The van der Waals surface area contributed by atoms with E-state index in [1.54, 1.807) is 0 Å². The maximum Gasteiger partial charge on any atom is 0.407 e. The van der Waals surface area contributed by atoms with Crippen molar-refractivity contribution < 1.29 is 19.4 Å². The number of hydrogen-bond acceptors (Lipinski definition) is 3. The van der Waals surface area contributed by atoms with Gasteiger partial charge in [0.2, 0.25) is 0 Å². The van der Waals surface area contributed by atoms with Gasteiger partial charge in [-0.15, -0.1) is 11.6 Å². The van der Waals surface area contributed by atoms with Crippen molar-refractivity contribution in [1.82, 2.24) is 4.90 Å². The van der Waals surface area contributed by atoms with Gasteiger partial charge in [0, 0.05) is 25.6 Å². The minimum atomic E-state index is -1.12. The molecule has 0 spiro atoms. The number of carbonyl (C=O) groups is 1. The van der Waals surface area contributed by atoms with E-state index in [4.69, 9.17) is 21.1 Å². The first kappa shape index (κ1) is 26.5. The zero-order valence-electron chi connectivity index (χ0n) is 18.4. The minimum absolute atomic E-state index is 0.434. The first-order chi connectivity index (χ1) is 14.1. The van der Waals surface area contributed by atoms with E-state index in [0.717, 1.165) is 51.0 Å². The molecule has 0 aromatic carbocycles. The summed E-state index contributed by atoms with van der Waals surface area (Å²) in [5.74, 6) is 0.737. The van der Waals surface area contributed by atoms with Gasteiger partial charge in [-0.3, -0.25) is 0 Å². The number of alkyl halides is 1. The van der Waals surface area contributed by atoms with Gasteiger partial charge in [0.05, 0.1) is 27.9 Å². The van der Waals surface area contributed by atoms with E-state index in [0.29, 0.717) is 32.9 Å². The highest BCUT2D eigenvalue weighted by Gasteiger charge is 2.26. The van der Waals surface area contributed by atoms with E-state index in [-0.39, 0.29) is 0 Å². The van der Waals surface area contributed by atoms with Gasteiger partial charge in [0.15, 0.2) is 0 Å². The molecule has 0 radical (unpaired) electrons. The van der Waals surface area contributed by atoms with Crippen LogP contribution in [0.25, 0.3) is 0 Å². The third kappa shape index (κ3) is 14.1. The molecule has 0 aliphatic carbocycles. The molecule has 0 saturated heterocycles. The zero-order valence-corrected chi connectivity index (χ0v) is 20.1. The molecule has 1 heterocycles. The maximum atomic E-state index is 11.5. The molecule has 5 nitrogen and oxygen atoms in total. The minimum Gasteiger partial charge on any atom is -0.465 e. The molecule has 0 aromatic heterocycles. The second-order valence-corrected chi connectivity index (χ2v) is 13.9. The molecule has 0 fully saturated rings.